The molecule has 0 bridgehead atoms. The Morgan fingerprint density at radius 2 is 2.21 bits per heavy atom. The Labute approximate surface area is 115 Å². The van der Waals surface area contributed by atoms with Crippen LogP contribution in [0.15, 0.2) is 24.3 Å². The molecule has 0 saturated heterocycles. The second-order valence-corrected chi connectivity index (χ2v) is 5.79. The van der Waals surface area contributed by atoms with Crippen LogP contribution >= 0.6 is 0 Å². The maximum Gasteiger partial charge on any atom is 0.220 e. The first-order chi connectivity index (χ1) is 9.15. The van der Waals surface area contributed by atoms with E-state index in [0.717, 1.165) is 19.4 Å². The Bertz CT molecular complexity index is 429. The third-order valence-electron chi connectivity index (χ3n) is 3.51. The molecule has 1 aliphatic heterocycles. The first-order valence-electron chi connectivity index (χ1n) is 7.26. The number of amides is 1. The highest BCUT2D eigenvalue weighted by atomic mass is 16.1. The fourth-order valence-electron chi connectivity index (χ4n) is 2.54. The predicted molar refractivity (Wildman–Crippen MR) is 79.3 cm³/mol. The van der Waals surface area contributed by atoms with Crippen LogP contribution in [0, 0.1) is 5.92 Å². The zero-order valence-electron chi connectivity index (χ0n) is 11.9. The van der Waals surface area contributed by atoms with Gasteiger partial charge >= 0.3 is 0 Å². The summed E-state index contributed by atoms with van der Waals surface area (Å²) >= 11 is 0. The molecule has 3 heteroatoms. The number of carbonyl (C=O) groups is 1. The smallest absolute Gasteiger partial charge is 0.220 e. The summed E-state index contributed by atoms with van der Waals surface area (Å²) < 4.78 is 0. The average molecular weight is 260 g/mol. The SMILES string of the molecule is CC(C)CC(=O)NCC1CCCc2ccccc2N1. The summed E-state index contributed by atoms with van der Waals surface area (Å²) in [4.78, 5) is 11.7. The monoisotopic (exact) mass is 260 g/mol. The van der Waals surface area contributed by atoms with Gasteiger partial charge in [0.15, 0.2) is 0 Å². The zero-order chi connectivity index (χ0) is 13.7. The van der Waals surface area contributed by atoms with Crippen molar-refractivity contribution in [1.82, 2.24) is 5.32 Å². The van der Waals surface area contributed by atoms with Gasteiger partial charge in [0.25, 0.3) is 0 Å². The highest BCUT2D eigenvalue weighted by molar-refractivity contribution is 5.76. The highest BCUT2D eigenvalue weighted by Gasteiger charge is 2.16. The van der Waals surface area contributed by atoms with Crippen LogP contribution in [-0.2, 0) is 11.2 Å². The number of anilines is 1. The van der Waals surface area contributed by atoms with Gasteiger partial charge in [0, 0.05) is 24.7 Å². The molecule has 0 radical (unpaired) electrons. The number of aryl methyl sites for hydroxylation is 1. The summed E-state index contributed by atoms with van der Waals surface area (Å²) in [5, 5.41) is 6.59. The maximum absolute atomic E-state index is 11.7. The third-order valence-corrected chi connectivity index (χ3v) is 3.51. The van der Waals surface area contributed by atoms with Gasteiger partial charge in [0.2, 0.25) is 5.91 Å². The molecule has 104 valence electrons. The molecule has 2 rings (SSSR count). The van der Waals surface area contributed by atoms with Crippen LogP contribution in [-0.4, -0.2) is 18.5 Å². The van der Waals surface area contributed by atoms with Gasteiger partial charge in [-0.2, -0.15) is 0 Å². The lowest BCUT2D eigenvalue weighted by Crippen LogP contribution is -2.36. The molecule has 3 nitrogen and oxygen atoms in total. The van der Waals surface area contributed by atoms with E-state index >= 15 is 0 Å². The number of benzene rings is 1. The Balaban J connectivity index is 1.87. The molecule has 0 spiro atoms. The summed E-state index contributed by atoms with van der Waals surface area (Å²) in [6.45, 7) is 4.86. The molecule has 1 unspecified atom stereocenters. The van der Waals surface area contributed by atoms with Crippen molar-refractivity contribution in [2.24, 2.45) is 5.92 Å². The van der Waals surface area contributed by atoms with Crippen LogP contribution in [0.1, 0.15) is 38.7 Å². The van der Waals surface area contributed by atoms with Crippen molar-refractivity contribution in [3.63, 3.8) is 0 Å². The average Bonchev–Trinajstić information content (AvgIpc) is 2.57. The molecule has 1 atom stereocenters. The summed E-state index contributed by atoms with van der Waals surface area (Å²) in [5.74, 6) is 0.581. The molecule has 1 amide bonds. The standard InChI is InChI=1S/C16H24N2O/c1-12(2)10-16(19)17-11-14-8-5-7-13-6-3-4-9-15(13)18-14/h3-4,6,9,12,14,18H,5,7-8,10-11H2,1-2H3,(H,17,19). The van der Waals surface area contributed by atoms with Crippen LogP contribution in [0.25, 0.3) is 0 Å². The van der Waals surface area contributed by atoms with Gasteiger partial charge in [0.05, 0.1) is 0 Å². The van der Waals surface area contributed by atoms with E-state index in [-0.39, 0.29) is 5.91 Å². The van der Waals surface area contributed by atoms with Gasteiger partial charge < -0.3 is 10.6 Å². The Kier molecular flexibility index (Phi) is 4.83. The van der Waals surface area contributed by atoms with Gasteiger partial charge in [-0.05, 0) is 36.8 Å². The number of nitrogens with one attached hydrogen (secondary N) is 2. The van der Waals surface area contributed by atoms with Crippen molar-refractivity contribution in [2.75, 3.05) is 11.9 Å². The molecule has 19 heavy (non-hydrogen) atoms. The fraction of sp³-hybridized carbons (Fsp3) is 0.562. The molecule has 0 aromatic heterocycles. The van der Waals surface area contributed by atoms with Gasteiger partial charge in [-0.25, -0.2) is 0 Å². The lowest BCUT2D eigenvalue weighted by molar-refractivity contribution is -0.121. The predicted octanol–water partition coefficient (Wildman–Crippen LogP) is 2.97. The van der Waals surface area contributed by atoms with Gasteiger partial charge in [-0.15, -0.1) is 0 Å². The molecule has 2 N–H and O–H groups in total. The summed E-state index contributed by atoms with van der Waals surface area (Å²) in [7, 11) is 0. The second kappa shape index (κ2) is 6.60. The van der Waals surface area contributed by atoms with E-state index in [4.69, 9.17) is 0 Å². The molecular weight excluding hydrogens is 236 g/mol. The third kappa shape index (κ3) is 4.27. The largest absolute Gasteiger partial charge is 0.380 e. The first kappa shape index (κ1) is 13.9. The molecule has 0 saturated carbocycles. The van der Waals surface area contributed by atoms with Crippen molar-refractivity contribution in [2.45, 2.75) is 45.6 Å². The number of rotatable bonds is 4. The molecular formula is C16H24N2O. The van der Waals surface area contributed by atoms with Crippen molar-refractivity contribution < 1.29 is 4.79 Å². The van der Waals surface area contributed by atoms with Crippen molar-refractivity contribution in [1.29, 1.82) is 0 Å². The maximum atomic E-state index is 11.7. The fourth-order valence-corrected chi connectivity index (χ4v) is 2.54. The lowest BCUT2D eigenvalue weighted by Gasteiger charge is -2.19. The molecule has 0 fully saturated rings. The van der Waals surface area contributed by atoms with E-state index in [1.165, 1.54) is 17.7 Å². The minimum atomic E-state index is 0.161. The highest BCUT2D eigenvalue weighted by Crippen LogP contribution is 2.23. The Morgan fingerprint density at radius 3 is 3.00 bits per heavy atom. The quantitative estimate of drug-likeness (QED) is 0.874. The van der Waals surface area contributed by atoms with Crippen LogP contribution in [0.3, 0.4) is 0 Å². The first-order valence-corrected chi connectivity index (χ1v) is 7.26. The molecule has 1 heterocycles. The minimum Gasteiger partial charge on any atom is -0.380 e. The molecule has 1 aromatic rings. The van der Waals surface area contributed by atoms with E-state index in [2.05, 4.69) is 48.7 Å². The zero-order valence-corrected chi connectivity index (χ0v) is 11.9. The summed E-state index contributed by atoms with van der Waals surface area (Å²) in [6.07, 6.45) is 4.02. The molecule has 1 aliphatic rings. The van der Waals surface area contributed by atoms with E-state index < -0.39 is 0 Å². The summed E-state index contributed by atoms with van der Waals surface area (Å²) in [5.41, 5.74) is 2.61. The number of para-hydroxylation sites is 1. The van der Waals surface area contributed by atoms with Crippen molar-refractivity contribution >= 4 is 11.6 Å². The summed E-state index contributed by atoms with van der Waals surface area (Å²) in [6, 6.07) is 8.81. The van der Waals surface area contributed by atoms with E-state index in [9.17, 15) is 4.79 Å². The van der Waals surface area contributed by atoms with Crippen molar-refractivity contribution in [3.05, 3.63) is 29.8 Å². The van der Waals surface area contributed by atoms with Gasteiger partial charge in [-0.3, -0.25) is 4.79 Å². The van der Waals surface area contributed by atoms with E-state index in [0.29, 0.717) is 18.4 Å². The normalized spacial score (nSPS) is 18.4. The number of fused-ring (bicyclic) bond motifs is 1. The van der Waals surface area contributed by atoms with E-state index in [1.54, 1.807) is 0 Å². The lowest BCUT2D eigenvalue weighted by atomic mass is 10.1. The van der Waals surface area contributed by atoms with E-state index in [1.807, 2.05) is 0 Å². The van der Waals surface area contributed by atoms with Crippen molar-refractivity contribution in [3.8, 4) is 0 Å². The number of hydrogen-bond acceptors (Lipinski definition) is 2. The van der Waals surface area contributed by atoms with Gasteiger partial charge in [0.1, 0.15) is 0 Å². The van der Waals surface area contributed by atoms with Crippen LogP contribution in [0.2, 0.25) is 0 Å². The van der Waals surface area contributed by atoms with Crippen LogP contribution in [0.4, 0.5) is 5.69 Å². The molecule has 0 aliphatic carbocycles. The van der Waals surface area contributed by atoms with Crippen LogP contribution in [0.5, 0.6) is 0 Å². The molecule has 1 aromatic carbocycles. The minimum absolute atomic E-state index is 0.161. The van der Waals surface area contributed by atoms with Crippen LogP contribution < -0.4 is 10.6 Å². The van der Waals surface area contributed by atoms with Gasteiger partial charge in [-0.1, -0.05) is 32.0 Å². The Hall–Kier alpha value is -1.51. The second-order valence-electron chi connectivity index (χ2n) is 5.79. The number of carbonyl (C=O) groups excluding carboxylic acids is 1. The number of hydrogen-bond donors (Lipinski definition) is 2. The topological polar surface area (TPSA) is 41.1 Å². The Morgan fingerprint density at radius 1 is 1.42 bits per heavy atom.